The van der Waals surface area contributed by atoms with Crippen LogP contribution in [0.2, 0.25) is 125 Å². The zero-order valence-corrected chi connectivity index (χ0v) is 35.0. The summed E-state index contributed by atoms with van der Waals surface area (Å²) in [5.41, 5.74) is 11.9. The molecular weight excluding hydrogens is 566 g/mol. The molecule has 0 aromatic carbocycles. The van der Waals surface area contributed by atoms with E-state index < -0.39 is 67.5 Å². The molecule has 30 heavy (non-hydrogen) atoms. The fourth-order valence-electron chi connectivity index (χ4n) is 7.17. The number of rotatable bonds is 14. The fraction of sp³-hybridized carbons (Fsp3) is 0.952. The van der Waals surface area contributed by atoms with Gasteiger partial charge in [-0.2, -0.15) is 0 Å². The quantitative estimate of drug-likeness (QED) is 0.144. The Hall–Kier alpha value is 2.84. The van der Waals surface area contributed by atoms with E-state index in [0.29, 0.717) is 0 Å². The van der Waals surface area contributed by atoms with Crippen molar-refractivity contribution in [3.05, 3.63) is 6.55 Å². The number of hydrogen-bond donors (Lipinski definition) is 0. The molecular formula is C21H59Si8Y-. The van der Waals surface area contributed by atoms with Gasteiger partial charge in [0, 0.05) is 91.4 Å². The SMILES string of the molecule is [CH2-][SiH](C)C[Si](C)(C)C[SiH](C)C[Si](C)(C)C[SiH](C)C[Si](C)(C)C[SiH](C)C[Si](C)(C)C.[Y]. The minimum absolute atomic E-state index is 0. The summed E-state index contributed by atoms with van der Waals surface area (Å²) in [6.07, 6.45) is 0. The molecule has 0 aliphatic rings. The molecule has 1 radical (unpaired) electrons. The van der Waals surface area contributed by atoms with Crippen LogP contribution in [0.3, 0.4) is 0 Å². The molecule has 9 heteroatoms. The van der Waals surface area contributed by atoms with Crippen molar-refractivity contribution >= 4 is 67.5 Å². The van der Waals surface area contributed by atoms with Crippen LogP contribution in [0.25, 0.3) is 0 Å². The van der Waals surface area contributed by atoms with Crippen LogP contribution in [-0.4, -0.2) is 67.5 Å². The molecule has 0 bridgehead atoms. The van der Waals surface area contributed by atoms with Gasteiger partial charge in [-0.15, -0.1) is 8.80 Å². The maximum absolute atomic E-state index is 4.43. The van der Waals surface area contributed by atoms with Gasteiger partial charge in [0.1, 0.15) is 0 Å². The summed E-state index contributed by atoms with van der Waals surface area (Å²) in [5.74, 6) is 0. The zero-order valence-electron chi connectivity index (χ0n) is 23.5. The van der Waals surface area contributed by atoms with Crippen LogP contribution in [0, 0.1) is 6.55 Å². The molecule has 0 nitrogen and oxygen atoms in total. The minimum Gasteiger partial charge on any atom is -0.345 e. The van der Waals surface area contributed by atoms with Crippen molar-refractivity contribution in [3.8, 4) is 0 Å². The first-order chi connectivity index (χ1) is 12.7. The molecule has 0 aliphatic carbocycles. The summed E-state index contributed by atoms with van der Waals surface area (Å²) >= 11 is 0. The topological polar surface area (TPSA) is 0 Å². The van der Waals surface area contributed by atoms with Crippen LogP contribution in [0.5, 0.6) is 0 Å². The van der Waals surface area contributed by atoms with E-state index in [1.165, 1.54) is 0 Å². The molecule has 0 saturated heterocycles. The Bertz CT molecular complexity index is 474. The summed E-state index contributed by atoms with van der Waals surface area (Å²) in [6, 6.07) is 0. The molecule has 0 spiro atoms. The van der Waals surface area contributed by atoms with Gasteiger partial charge in [-0.3, -0.25) is 0 Å². The van der Waals surface area contributed by atoms with Crippen molar-refractivity contribution < 1.29 is 32.7 Å². The van der Waals surface area contributed by atoms with Gasteiger partial charge >= 0.3 is 0 Å². The second kappa shape index (κ2) is 14.4. The molecule has 4 atom stereocenters. The standard InChI is InChI=1S/C21H59Si8.Y/c1-22(2)15-27(9,10)18-24(4)19-29(13,14)21-25(5)20-28(11,12)17-23(3)16-26(6,7)8;/h22-25H,1,15-21H2,2-14H3;/q-1;. The van der Waals surface area contributed by atoms with Gasteiger partial charge in [0.25, 0.3) is 0 Å². The van der Waals surface area contributed by atoms with E-state index in [2.05, 4.69) is 91.7 Å². The first-order valence-corrected chi connectivity index (χ1v) is 37.7. The molecule has 0 rings (SSSR count). The van der Waals surface area contributed by atoms with Crippen LogP contribution in [0.15, 0.2) is 0 Å². The van der Waals surface area contributed by atoms with Gasteiger partial charge in [-0.25, -0.2) is 0 Å². The largest absolute Gasteiger partial charge is 0.345 e. The first kappa shape index (κ1) is 35.0. The minimum atomic E-state index is -0.965. The molecule has 0 fully saturated rings. The second-order valence-corrected chi connectivity index (χ2v) is 53.3. The Labute approximate surface area is 229 Å². The van der Waals surface area contributed by atoms with Gasteiger partial charge in [0.15, 0.2) is 0 Å². The maximum atomic E-state index is 4.43. The summed E-state index contributed by atoms with van der Waals surface area (Å²) in [4.78, 5) is 0. The van der Waals surface area contributed by atoms with E-state index in [1.807, 2.05) is 0 Å². The Balaban J connectivity index is 0. The summed E-state index contributed by atoms with van der Waals surface area (Å²) in [7, 11) is -5.78. The summed E-state index contributed by atoms with van der Waals surface area (Å²) < 4.78 is 0. The third-order valence-electron chi connectivity index (χ3n) is 6.37. The Morgan fingerprint density at radius 1 is 0.467 bits per heavy atom. The van der Waals surface area contributed by atoms with E-state index in [4.69, 9.17) is 0 Å². The molecule has 0 heterocycles. The van der Waals surface area contributed by atoms with Gasteiger partial charge in [-0.05, 0) is 0 Å². The number of hydrogen-bond acceptors (Lipinski definition) is 0. The van der Waals surface area contributed by atoms with Crippen LogP contribution in [0.1, 0.15) is 0 Å². The first-order valence-electron chi connectivity index (χ1n) is 12.6. The maximum Gasteiger partial charge on any atom is 0.0416 e. The molecule has 0 aliphatic heterocycles. The van der Waals surface area contributed by atoms with Crippen LogP contribution < -0.4 is 0 Å². The predicted molar refractivity (Wildman–Crippen MR) is 167 cm³/mol. The Kier molecular flexibility index (Phi) is 16.8. The van der Waals surface area contributed by atoms with Crippen molar-refractivity contribution in [3.63, 3.8) is 0 Å². The van der Waals surface area contributed by atoms with Crippen molar-refractivity contribution in [2.75, 3.05) is 0 Å². The molecule has 0 aromatic rings. The average molecular weight is 625 g/mol. The van der Waals surface area contributed by atoms with Crippen molar-refractivity contribution in [1.29, 1.82) is 0 Å². The molecule has 0 N–H and O–H groups in total. The van der Waals surface area contributed by atoms with Gasteiger partial charge < -0.3 is 6.55 Å². The van der Waals surface area contributed by atoms with E-state index in [0.717, 1.165) is 0 Å². The Morgan fingerprint density at radius 2 is 0.700 bits per heavy atom. The molecule has 0 amide bonds. The average Bonchev–Trinajstić information content (AvgIpc) is 2.27. The van der Waals surface area contributed by atoms with Crippen molar-refractivity contribution in [1.82, 2.24) is 0 Å². The predicted octanol–water partition coefficient (Wildman–Crippen LogP) is 7.02. The van der Waals surface area contributed by atoms with Gasteiger partial charge in [0.2, 0.25) is 0 Å². The van der Waals surface area contributed by atoms with Crippen LogP contribution >= 0.6 is 0 Å². The van der Waals surface area contributed by atoms with Crippen LogP contribution in [-0.2, 0) is 32.7 Å². The fourth-order valence-corrected chi connectivity index (χ4v) is 72.9. The smallest absolute Gasteiger partial charge is 0.0416 e. The van der Waals surface area contributed by atoms with Crippen molar-refractivity contribution in [2.45, 2.75) is 125 Å². The molecule has 4 unspecified atom stereocenters. The summed E-state index contributed by atoms with van der Waals surface area (Å²) in [5, 5.41) is 0. The van der Waals surface area contributed by atoms with E-state index in [9.17, 15) is 0 Å². The van der Waals surface area contributed by atoms with Gasteiger partial charge in [0.05, 0.1) is 0 Å². The van der Waals surface area contributed by atoms with E-state index in [1.54, 1.807) is 39.7 Å². The van der Waals surface area contributed by atoms with Crippen LogP contribution in [0.4, 0.5) is 0 Å². The molecule has 0 saturated carbocycles. The Morgan fingerprint density at radius 3 is 0.933 bits per heavy atom. The van der Waals surface area contributed by atoms with E-state index in [-0.39, 0.29) is 32.7 Å². The van der Waals surface area contributed by atoms with Crippen molar-refractivity contribution in [2.24, 2.45) is 0 Å². The third-order valence-corrected chi connectivity index (χ3v) is 57.3. The second-order valence-electron chi connectivity index (χ2n) is 14.9. The third kappa shape index (κ3) is 19.2. The molecule has 179 valence electrons. The van der Waals surface area contributed by atoms with Gasteiger partial charge in [-0.1, -0.05) is 125 Å². The normalized spacial score (nSPS) is 17.8. The van der Waals surface area contributed by atoms with E-state index >= 15 is 0 Å². The summed E-state index contributed by atoms with van der Waals surface area (Å²) in [6.45, 7) is 39.3. The zero-order chi connectivity index (χ0) is 23.3. The molecule has 0 aromatic heterocycles. The monoisotopic (exact) mass is 624 g/mol.